The Morgan fingerprint density at radius 3 is 2.06 bits per heavy atom. The van der Waals surface area contributed by atoms with Crippen molar-refractivity contribution in [2.45, 2.75) is 117 Å². The molecule has 0 N–H and O–H groups in total. The van der Waals surface area contributed by atoms with Crippen LogP contribution < -0.4 is 0 Å². The van der Waals surface area contributed by atoms with E-state index in [9.17, 15) is 9.59 Å². The van der Waals surface area contributed by atoms with Crippen LogP contribution in [-0.4, -0.2) is 79.0 Å². The zero-order valence-corrected chi connectivity index (χ0v) is 24.0. The summed E-state index contributed by atoms with van der Waals surface area (Å²) in [6, 6.07) is 0.522. The van der Waals surface area contributed by atoms with E-state index in [1.54, 1.807) is 0 Å². The normalized spacial score (nSPS) is 14.8. The summed E-state index contributed by atoms with van der Waals surface area (Å²) >= 11 is 0. The molecule has 1 amide bonds. The predicted molar refractivity (Wildman–Crippen MR) is 144 cm³/mol. The lowest BCUT2D eigenvalue weighted by Crippen LogP contribution is -2.47. The molecule has 0 aliphatic carbocycles. The molecule has 0 unspecified atom stereocenters. The molecule has 1 saturated heterocycles. The van der Waals surface area contributed by atoms with Gasteiger partial charge in [-0.1, -0.05) is 19.4 Å². The topological polar surface area (TPSA) is 68.3 Å². The number of rotatable bonds is 12. The second kappa shape index (κ2) is 17.8. The summed E-state index contributed by atoms with van der Waals surface area (Å²) in [5.74, 6) is -0.207. The highest BCUT2D eigenvalue weighted by Crippen LogP contribution is 2.19. The smallest absolute Gasteiger partial charge is 0.410 e. The molecular formula is C28H54N2O5. The molecule has 1 heterocycles. The Morgan fingerprint density at radius 2 is 1.57 bits per heavy atom. The number of nitrogens with zero attached hydrogens (tertiary/aromatic N) is 2. The number of hydrogen-bond donors (Lipinski definition) is 0. The fourth-order valence-electron chi connectivity index (χ4n) is 3.59. The van der Waals surface area contributed by atoms with Gasteiger partial charge in [-0.3, -0.25) is 4.79 Å². The summed E-state index contributed by atoms with van der Waals surface area (Å²) in [6.45, 7) is 20.7. The van der Waals surface area contributed by atoms with Gasteiger partial charge in [0, 0.05) is 25.7 Å². The third kappa shape index (κ3) is 19.3. The molecular weight excluding hydrogens is 444 g/mol. The van der Waals surface area contributed by atoms with E-state index in [1.807, 2.05) is 52.5 Å². The highest BCUT2D eigenvalue weighted by Gasteiger charge is 2.28. The van der Waals surface area contributed by atoms with Crippen LogP contribution in [0, 0.1) is 0 Å². The van der Waals surface area contributed by atoms with Crippen LogP contribution >= 0.6 is 0 Å². The minimum Gasteiger partial charge on any atom is -0.460 e. The van der Waals surface area contributed by atoms with E-state index in [2.05, 4.69) is 25.5 Å². The third-order valence-electron chi connectivity index (χ3n) is 5.40. The fourth-order valence-corrected chi connectivity index (χ4v) is 3.59. The van der Waals surface area contributed by atoms with Crippen molar-refractivity contribution < 1.29 is 23.8 Å². The van der Waals surface area contributed by atoms with Crippen LogP contribution in [0.25, 0.3) is 0 Å². The number of carbonyl (C=O) groups excluding carboxylic acids is 2. The van der Waals surface area contributed by atoms with Crippen LogP contribution in [0.15, 0.2) is 12.7 Å². The van der Waals surface area contributed by atoms with Gasteiger partial charge in [0.1, 0.15) is 11.2 Å². The van der Waals surface area contributed by atoms with Crippen molar-refractivity contribution in [3.05, 3.63) is 12.7 Å². The Morgan fingerprint density at radius 1 is 0.971 bits per heavy atom. The first kappa shape index (κ1) is 33.4. The molecule has 35 heavy (non-hydrogen) atoms. The van der Waals surface area contributed by atoms with Crippen molar-refractivity contribution >= 4 is 12.1 Å². The number of hydrogen-bond acceptors (Lipinski definition) is 6. The van der Waals surface area contributed by atoms with E-state index in [0.717, 1.165) is 58.2 Å². The van der Waals surface area contributed by atoms with Crippen LogP contribution in [-0.2, 0) is 19.0 Å². The quantitative estimate of drug-likeness (QED) is 0.181. The number of carbonyl (C=O) groups is 2. The highest BCUT2D eigenvalue weighted by atomic mass is 16.6. The van der Waals surface area contributed by atoms with Crippen molar-refractivity contribution in [2.75, 3.05) is 39.9 Å². The lowest BCUT2D eigenvalue weighted by molar-refractivity contribution is -0.156. The Hall–Kier alpha value is -1.60. The first-order valence-corrected chi connectivity index (χ1v) is 13.4. The molecule has 1 aliphatic rings. The molecule has 0 aromatic heterocycles. The molecule has 0 radical (unpaired) electrons. The van der Waals surface area contributed by atoms with Crippen LogP contribution in [0.4, 0.5) is 4.79 Å². The maximum atomic E-state index is 12.2. The van der Waals surface area contributed by atoms with E-state index in [4.69, 9.17) is 14.2 Å². The van der Waals surface area contributed by atoms with Gasteiger partial charge in [0.05, 0.1) is 13.0 Å². The Kier molecular flexibility index (Phi) is 17.0. The van der Waals surface area contributed by atoms with Crippen LogP contribution in [0.5, 0.6) is 0 Å². The number of ether oxygens (including phenoxy) is 3. The van der Waals surface area contributed by atoms with Crippen molar-refractivity contribution in [3.8, 4) is 0 Å². The highest BCUT2D eigenvalue weighted by molar-refractivity contribution is 5.70. The molecule has 1 aliphatic heterocycles. The minimum atomic E-state index is -0.440. The van der Waals surface area contributed by atoms with Gasteiger partial charge in [0.2, 0.25) is 0 Å². The molecule has 7 nitrogen and oxygen atoms in total. The van der Waals surface area contributed by atoms with Crippen LogP contribution in [0.3, 0.4) is 0 Å². The number of esters is 1. The largest absolute Gasteiger partial charge is 0.460 e. The molecule has 0 aromatic rings. The first-order valence-electron chi connectivity index (χ1n) is 13.4. The lowest BCUT2D eigenvalue weighted by Gasteiger charge is -2.37. The molecule has 7 heteroatoms. The molecule has 206 valence electrons. The Balaban J connectivity index is 0.00000209. The standard InChI is InChI=1S/C23H44N2O5.C5H10/c1-22(2,3)29-20(26)13-18-28-17-10-8-9-14-24(7)19-11-15-25(16-12-19)21(27)30-23(4,5)6;1-3-5-4-2/h19H,8-18H2,1-7H3;3H,1,4-5H2,2H3. The average molecular weight is 499 g/mol. The summed E-state index contributed by atoms with van der Waals surface area (Å²) in [7, 11) is 2.17. The summed E-state index contributed by atoms with van der Waals surface area (Å²) in [5.41, 5.74) is -0.875. The molecule has 1 rings (SSSR count). The Bertz CT molecular complexity index is 587. The van der Waals surface area contributed by atoms with Gasteiger partial charge in [0.15, 0.2) is 0 Å². The zero-order valence-electron chi connectivity index (χ0n) is 24.0. The molecule has 1 fully saturated rings. The summed E-state index contributed by atoms with van der Waals surface area (Å²) in [4.78, 5) is 28.0. The number of likely N-dealkylation sites (tertiary alicyclic amines) is 1. The van der Waals surface area contributed by atoms with Gasteiger partial charge in [-0.25, -0.2) is 4.79 Å². The van der Waals surface area contributed by atoms with E-state index in [-0.39, 0.29) is 12.1 Å². The number of allylic oxidation sites excluding steroid dienone is 1. The van der Waals surface area contributed by atoms with Gasteiger partial charge in [-0.2, -0.15) is 0 Å². The predicted octanol–water partition coefficient (Wildman–Crippen LogP) is 6.21. The molecule has 0 saturated carbocycles. The summed E-state index contributed by atoms with van der Waals surface area (Å²) < 4.78 is 16.3. The second-order valence-electron chi connectivity index (χ2n) is 11.3. The van der Waals surface area contributed by atoms with Crippen molar-refractivity contribution in [3.63, 3.8) is 0 Å². The van der Waals surface area contributed by atoms with Gasteiger partial charge in [-0.15, -0.1) is 6.58 Å². The third-order valence-corrected chi connectivity index (χ3v) is 5.40. The zero-order chi connectivity index (χ0) is 26.9. The molecule has 0 aromatic carbocycles. The SMILES string of the molecule is C=CCCC.CN(CCCCCOCCC(=O)OC(C)(C)C)C1CCN(C(=O)OC(C)(C)C)CC1. The van der Waals surface area contributed by atoms with Crippen LogP contribution in [0.2, 0.25) is 0 Å². The molecule has 0 spiro atoms. The summed E-state index contributed by atoms with van der Waals surface area (Å²) in [6.07, 6.45) is 9.62. The molecule has 0 bridgehead atoms. The Labute approximate surface area is 215 Å². The van der Waals surface area contributed by atoms with E-state index in [1.165, 1.54) is 6.42 Å². The van der Waals surface area contributed by atoms with Crippen LogP contribution in [0.1, 0.15) is 99.8 Å². The van der Waals surface area contributed by atoms with Gasteiger partial charge in [-0.05, 0) is 93.7 Å². The fraction of sp³-hybridized carbons (Fsp3) is 0.857. The van der Waals surface area contributed by atoms with Crippen molar-refractivity contribution in [2.24, 2.45) is 0 Å². The maximum absolute atomic E-state index is 12.2. The monoisotopic (exact) mass is 498 g/mol. The van der Waals surface area contributed by atoms with Gasteiger partial charge < -0.3 is 24.0 Å². The van der Waals surface area contributed by atoms with Crippen molar-refractivity contribution in [1.29, 1.82) is 0 Å². The average Bonchev–Trinajstić information content (AvgIpc) is 2.74. The van der Waals surface area contributed by atoms with E-state index in [0.29, 0.717) is 25.7 Å². The van der Waals surface area contributed by atoms with Gasteiger partial charge in [0.25, 0.3) is 0 Å². The molecule has 0 atom stereocenters. The second-order valence-corrected chi connectivity index (χ2v) is 11.3. The maximum Gasteiger partial charge on any atom is 0.410 e. The number of unbranched alkanes of at least 4 members (excludes halogenated alkanes) is 3. The number of piperidine rings is 1. The summed E-state index contributed by atoms with van der Waals surface area (Å²) in [5, 5.41) is 0. The van der Waals surface area contributed by atoms with E-state index >= 15 is 0 Å². The lowest BCUT2D eigenvalue weighted by atomic mass is 10.0. The van der Waals surface area contributed by atoms with Gasteiger partial charge >= 0.3 is 12.1 Å². The van der Waals surface area contributed by atoms with E-state index < -0.39 is 11.2 Å². The minimum absolute atomic E-state index is 0.199. The number of amides is 1. The van der Waals surface area contributed by atoms with Crippen molar-refractivity contribution in [1.82, 2.24) is 9.80 Å². The first-order chi connectivity index (χ1) is 16.3.